The van der Waals surface area contributed by atoms with Crippen LogP contribution in [0.3, 0.4) is 0 Å². The number of nitrogens with one attached hydrogen (secondary N) is 1. The van der Waals surface area contributed by atoms with E-state index < -0.39 is 11.7 Å². The molecular weight excluding hydrogens is 371 g/mol. The van der Waals surface area contributed by atoms with Crippen molar-refractivity contribution in [3.63, 3.8) is 0 Å². The molecule has 0 aliphatic carbocycles. The quantitative estimate of drug-likeness (QED) is 0.820. The van der Waals surface area contributed by atoms with E-state index in [0.29, 0.717) is 18.8 Å². The maximum Gasteiger partial charge on any atom is 0.227 e. The van der Waals surface area contributed by atoms with Crippen LogP contribution in [0.25, 0.3) is 0 Å². The van der Waals surface area contributed by atoms with E-state index in [1.165, 1.54) is 23.1 Å². The Morgan fingerprint density at radius 1 is 1.30 bits per heavy atom. The van der Waals surface area contributed by atoms with Gasteiger partial charge in [-0.05, 0) is 42.8 Å². The monoisotopic (exact) mass is 390 g/mol. The van der Waals surface area contributed by atoms with Crippen molar-refractivity contribution in [1.82, 2.24) is 5.32 Å². The Bertz CT molecular complexity index is 842. The normalized spacial score (nSPS) is 16.5. The molecule has 3 rings (SSSR count). The molecular formula is C20H20ClFN2O3. The van der Waals surface area contributed by atoms with Crippen molar-refractivity contribution in [3.05, 3.63) is 58.9 Å². The summed E-state index contributed by atoms with van der Waals surface area (Å²) in [5, 5.41) is 2.81. The largest absolute Gasteiger partial charge is 0.494 e. The van der Waals surface area contributed by atoms with Crippen molar-refractivity contribution in [1.29, 1.82) is 0 Å². The summed E-state index contributed by atoms with van der Waals surface area (Å²) in [7, 11) is 0. The third kappa shape index (κ3) is 4.57. The van der Waals surface area contributed by atoms with Crippen LogP contribution in [0.4, 0.5) is 10.1 Å². The minimum absolute atomic E-state index is 0.0521. The van der Waals surface area contributed by atoms with E-state index >= 15 is 0 Å². The van der Waals surface area contributed by atoms with Crippen LogP contribution < -0.4 is 15.0 Å². The van der Waals surface area contributed by atoms with Gasteiger partial charge < -0.3 is 15.0 Å². The first-order chi connectivity index (χ1) is 13.0. The van der Waals surface area contributed by atoms with Crippen LogP contribution in [0.2, 0.25) is 5.02 Å². The van der Waals surface area contributed by atoms with Gasteiger partial charge in [-0.3, -0.25) is 9.59 Å². The standard InChI is InChI=1S/C20H20ClFN2O3/c1-2-27-16-6-3-13(4-7-16)11-23-20(26)14-9-19(25)24(12-14)15-5-8-18(22)17(21)10-15/h3-8,10,14H,2,9,11-12H2,1H3,(H,23,26)/t14-/m1/s1. The fraction of sp³-hybridized carbons (Fsp3) is 0.300. The highest BCUT2D eigenvalue weighted by Gasteiger charge is 2.35. The average Bonchev–Trinajstić information content (AvgIpc) is 3.05. The van der Waals surface area contributed by atoms with Gasteiger partial charge in [0.1, 0.15) is 11.6 Å². The summed E-state index contributed by atoms with van der Waals surface area (Å²) < 4.78 is 18.7. The maximum absolute atomic E-state index is 13.3. The molecule has 1 saturated heterocycles. The molecule has 2 aromatic rings. The lowest BCUT2D eigenvalue weighted by Crippen LogP contribution is -2.32. The number of amides is 2. The maximum atomic E-state index is 13.3. The van der Waals surface area contributed by atoms with Gasteiger partial charge in [-0.15, -0.1) is 0 Å². The second-order valence-electron chi connectivity index (χ2n) is 6.30. The average molecular weight is 391 g/mol. The van der Waals surface area contributed by atoms with Gasteiger partial charge in [0.15, 0.2) is 0 Å². The van der Waals surface area contributed by atoms with E-state index in [0.717, 1.165) is 11.3 Å². The van der Waals surface area contributed by atoms with Gasteiger partial charge in [0.2, 0.25) is 11.8 Å². The molecule has 142 valence electrons. The van der Waals surface area contributed by atoms with E-state index in [9.17, 15) is 14.0 Å². The van der Waals surface area contributed by atoms with Crippen molar-refractivity contribution in [3.8, 4) is 5.75 Å². The molecule has 0 unspecified atom stereocenters. The molecule has 0 aromatic heterocycles. The predicted molar refractivity (Wildman–Crippen MR) is 101 cm³/mol. The van der Waals surface area contributed by atoms with Crippen LogP contribution in [0.1, 0.15) is 18.9 Å². The van der Waals surface area contributed by atoms with E-state index in [1.54, 1.807) is 0 Å². The number of benzene rings is 2. The molecule has 0 bridgehead atoms. The lowest BCUT2D eigenvalue weighted by atomic mass is 10.1. The second kappa shape index (κ2) is 8.39. The Balaban J connectivity index is 1.57. The van der Waals surface area contributed by atoms with Gasteiger partial charge in [-0.1, -0.05) is 23.7 Å². The van der Waals surface area contributed by atoms with Gasteiger partial charge >= 0.3 is 0 Å². The Morgan fingerprint density at radius 3 is 2.70 bits per heavy atom. The van der Waals surface area contributed by atoms with Crippen LogP contribution in [0, 0.1) is 11.7 Å². The SMILES string of the molecule is CCOc1ccc(CNC(=O)[C@@H]2CC(=O)N(c3ccc(F)c(Cl)c3)C2)cc1. The molecule has 1 N–H and O–H groups in total. The highest BCUT2D eigenvalue weighted by molar-refractivity contribution is 6.31. The molecule has 1 atom stereocenters. The van der Waals surface area contributed by atoms with Gasteiger partial charge in [0, 0.05) is 25.2 Å². The number of hydrogen-bond donors (Lipinski definition) is 1. The number of halogens is 2. The Labute approximate surface area is 162 Å². The summed E-state index contributed by atoms with van der Waals surface area (Å²) in [5.41, 5.74) is 1.44. The number of carbonyl (C=O) groups excluding carboxylic acids is 2. The number of ether oxygens (including phenoxy) is 1. The summed E-state index contributed by atoms with van der Waals surface area (Å²) in [6.45, 7) is 3.13. The molecule has 2 aromatic carbocycles. The number of rotatable bonds is 6. The molecule has 1 fully saturated rings. The molecule has 0 spiro atoms. The Hall–Kier alpha value is -2.60. The van der Waals surface area contributed by atoms with Crippen LogP contribution in [0.15, 0.2) is 42.5 Å². The Morgan fingerprint density at radius 2 is 2.04 bits per heavy atom. The topological polar surface area (TPSA) is 58.6 Å². The molecule has 1 aliphatic rings. The summed E-state index contributed by atoms with van der Waals surface area (Å²) in [4.78, 5) is 26.1. The first-order valence-electron chi connectivity index (χ1n) is 8.72. The van der Waals surface area contributed by atoms with E-state index in [2.05, 4.69) is 5.32 Å². The first kappa shape index (κ1) is 19.2. The summed E-state index contributed by atoms with van der Waals surface area (Å²) >= 11 is 5.79. The van der Waals surface area contributed by atoms with Gasteiger partial charge in [-0.25, -0.2) is 4.39 Å². The molecule has 1 heterocycles. The Kier molecular flexibility index (Phi) is 5.96. The fourth-order valence-corrected chi connectivity index (χ4v) is 3.16. The molecule has 7 heteroatoms. The third-order valence-electron chi connectivity index (χ3n) is 4.41. The third-order valence-corrected chi connectivity index (χ3v) is 4.70. The minimum Gasteiger partial charge on any atom is -0.494 e. The molecule has 0 radical (unpaired) electrons. The molecule has 1 aliphatic heterocycles. The summed E-state index contributed by atoms with van der Waals surface area (Å²) in [6.07, 6.45) is 0.115. The van der Waals surface area contributed by atoms with Gasteiger partial charge in [-0.2, -0.15) is 0 Å². The van der Waals surface area contributed by atoms with Crippen molar-refractivity contribution >= 4 is 29.1 Å². The van der Waals surface area contributed by atoms with Crippen molar-refractivity contribution in [2.24, 2.45) is 5.92 Å². The zero-order valence-corrected chi connectivity index (χ0v) is 15.6. The molecule has 2 amide bonds. The lowest BCUT2D eigenvalue weighted by molar-refractivity contribution is -0.126. The van der Waals surface area contributed by atoms with Crippen LogP contribution >= 0.6 is 11.6 Å². The van der Waals surface area contributed by atoms with Crippen molar-refractivity contribution in [2.75, 3.05) is 18.1 Å². The number of hydrogen-bond acceptors (Lipinski definition) is 3. The van der Waals surface area contributed by atoms with E-state index in [4.69, 9.17) is 16.3 Å². The minimum atomic E-state index is -0.545. The van der Waals surface area contributed by atoms with Crippen molar-refractivity contribution in [2.45, 2.75) is 19.9 Å². The number of nitrogens with zero attached hydrogens (tertiary/aromatic N) is 1. The zero-order chi connectivity index (χ0) is 19.4. The molecule has 5 nitrogen and oxygen atoms in total. The molecule has 0 saturated carbocycles. The highest BCUT2D eigenvalue weighted by Crippen LogP contribution is 2.28. The smallest absolute Gasteiger partial charge is 0.227 e. The van der Waals surface area contributed by atoms with Crippen LogP contribution in [0.5, 0.6) is 5.75 Å². The second-order valence-corrected chi connectivity index (χ2v) is 6.71. The summed E-state index contributed by atoms with van der Waals surface area (Å²) in [5.74, 6) is -0.588. The highest BCUT2D eigenvalue weighted by atomic mass is 35.5. The fourth-order valence-electron chi connectivity index (χ4n) is 2.99. The summed E-state index contributed by atoms with van der Waals surface area (Å²) in [6, 6.07) is 11.6. The van der Waals surface area contributed by atoms with Gasteiger partial charge in [0.05, 0.1) is 17.5 Å². The van der Waals surface area contributed by atoms with E-state index in [-0.39, 0.29) is 29.8 Å². The van der Waals surface area contributed by atoms with Crippen LogP contribution in [-0.2, 0) is 16.1 Å². The van der Waals surface area contributed by atoms with Crippen molar-refractivity contribution < 1.29 is 18.7 Å². The first-order valence-corrected chi connectivity index (χ1v) is 9.10. The van der Waals surface area contributed by atoms with E-state index in [1.807, 2.05) is 31.2 Å². The van der Waals surface area contributed by atoms with Crippen LogP contribution in [-0.4, -0.2) is 25.0 Å². The number of carbonyl (C=O) groups is 2. The zero-order valence-electron chi connectivity index (χ0n) is 14.9. The molecule has 27 heavy (non-hydrogen) atoms. The number of anilines is 1. The predicted octanol–water partition coefficient (Wildman–Crippen LogP) is 3.55. The lowest BCUT2D eigenvalue weighted by Gasteiger charge is -2.17. The van der Waals surface area contributed by atoms with Gasteiger partial charge in [0.25, 0.3) is 0 Å².